The van der Waals surface area contributed by atoms with Gasteiger partial charge >= 0.3 is 0 Å². The molecule has 0 atom stereocenters. The minimum Gasteiger partial charge on any atom is -0.381 e. The van der Waals surface area contributed by atoms with Gasteiger partial charge in [0, 0.05) is 19.8 Å². The monoisotopic (exact) mass is 251 g/mol. The van der Waals surface area contributed by atoms with Crippen LogP contribution in [0.15, 0.2) is 18.2 Å². The van der Waals surface area contributed by atoms with Crippen LogP contribution in [0.5, 0.6) is 0 Å². The van der Waals surface area contributed by atoms with Crippen molar-refractivity contribution in [1.29, 1.82) is 0 Å². The van der Waals surface area contributed by atoms with Gasteiger partial charge in [-0.05, 0) is 61.9 Å². The molecule has 0 aromatic heterocycles. The Morgan fingerprint density at radius 2 is 2.22 bits per heavy atom. The second-order valence-electron chi connectivity index (χ2n) is 5.12. The van der Waals surface area contributed by atoms with E-state index in [0.29, 0.717) is 0 Å². The third-order valence-corrected chi connectivity index (χ3v) is 3.32. The van der Waals surface area contributed by atoms with Gasteiger partial charge in [0.1, 0.15) is 5.82 Å². The number of benzene rings is 1. The van der Waals surface area contributed by atoms with Gasteiger partial charge in [-0.15, -0.1) is 0 Å². The predicted octanol–water partition coefficient (Wildman–Crippen LogP) is 3.04. The predicted molar refractivity (Wildman–Crippen MR) is 71.0 cm³/mol. The Hall–Kier alpha value is -0.930. The lowest BCUT2D eigenvalue weighted by Crippen LogP contribution is -2.17. The summed E-state index contributed by atoms with van der Waals surface area (Å²) in [7, 11) is 0. The molecule has 3 heteroatoms. The first-order valence-corrected chi connectivity index (χ1v) is 6.79. The van der Waals surface area contributed by atoms with E-state index in [0.717, 1.165) is 49.8 Å². The van der Waals surface area contributed by atoms with Crippen LogP contribution >= 0.6 is 0 Å². The van der Waals surface area contributed by atoms with Crippen LogP contribution in [0, 0.1) is 18.7 Å². The van der Waals surface area contributed by atoms with E-state index in [1.165, 1.54) is 18.9 Å². The van der Waals surface area contributed by atoms with Gasteiger partial charge in [0.05, 0.1) is 0 Å². The van der Waals surface area contributed by atoms with Gasteiger partial charge in [-0.2, -0.15) is 0 Å². The Kier molecular flexibility index (Phi) is 5.14. The van der Waals surface area contributed by atoms with Gasteiger partial charge in [-0.3, -0.25) is 0 Å². The average Bonchev–Trinajstić information content (AvgIpc) is 3.16. The molecular formula is C15H22FNO. The summed E-state index contributed by atoms with van der Waals surface area (Å²) in [5.41, 5.74) is 2.17. The lowest BCUT2D eigenvalue weighted by atomic mass is 10.1. The van der Waals surface area contributed by atoms with Gasteiger partial charge in [0.15, 0.2) is 0 Å². The highest BCUT2D eigenvalue weighted by atomic mass is 19.1. The van der Waals surface area contributed by atoms with Crippen LogP contribution in [-0.2, 0) is 11.3 Å². The SMILES string of the molecule is Cc1ccc(F)cc1CNCCCOCC1CC1. The Balaban J connectivity index is 1.55. The molecule has 0 amide bonds. The van der Waals surface area contributed by atoms with Crippen molar-refractivity contribution < 1.29 is 9.13 Å². The molecular weight excluding hydrogens is 229 g/mol. The van der Waals surface area contributed by atoms with Crippen LogP contribution in [0.4, 0.5) is 4.39 Å². The van der Waals surface area contributed by atoms with Crippen molar-refractivity contribution in [2.24, 2.45) is 5.92 Å². The van der Waals surface area contributed by atoms with Crippen molar-refractivity contribution >= 4 is 0 Å². The molecule has 0 spiro atoms. The Bertz CT molecular complexity index is 377. The van der Waals surface area contributed by atoms with Gasteiger partial charge in [0.2, 0.25) is 0 Å². The minimum absolute atomic E-state index is 0.162. The molecule has 18 heavy (non-hydrogen) atoms. The molecule has 0 unspecified atom stereocenters. The molecule has 1 fully saturated rings. The van der Waals surface area contributed by atoms with Gasteiger partial charge in [-0.1, -0.05) is 6.07 Å². The molecule has 0 aliphatic heterocycles. The van der Waals surface area contributed by atoms with Crippen LogP contribution < -0.4 is 5.32 Å². The fourth-order valence-electron chi connectivity index (χ4n) is 1.89. The van der Waals surface area contributed by atoms with E-state index in [-0.39, 0.29) is 5.82 Å². The maximum absolute atomic E-state index is 13.1. The van der Waals surface area contributed by atoms with E-state index < -0.39 is 0 Å². The highest BCUT2D eigenvalue weighted by Gasteiger charge is 2.20. The first-order chi connectivity index (χ1) is 8.75. The highest BCUT2D eigenvalue weighted by Crippen LogP contribution is 2.28. The van der Waals surface area contributed by atoms with E-state index in [2.05, 4.69) is 5.32 Å². The fourth-order valence-corrected chi connectivity index (χ4v) is 1.89. The normalized spacial score (nSPS) is 15.0. The van der Waals surface area contributed by atoms with Crippen LogP contribution in [0.1, 0.15) is 30.4 Å². The summed E-state index contributed by atoms with van der Waals surface area (Å²) >= 11 is 0. The Labute approximate surface area is 109 Å². The number of halogens is 1. The minimum atomic E-state index is -0.162. The topological polar surface area (TPSA) is 21.3 Å². The molecule has 1 aromatic rings. The van der Waals surface area contributed by atoms with Crippen molar-refractivity contribution in [2.75, 3.05) is 19.8 Å². The average molecular weight is 251 g/mol. The number of hydrogen-bond acceptors (Lipinski definition) is 2. The lowest BCUT2D eigenvalue weighted by molar-refractivity contribution is 0.122. The zero-order valence-corrected chi connectivity index (χ0v) is 11.0. The quantitative estimate of drug-likeness (QED) is 0.717. The summed E-state index contributed by atoms with van der Waals surface area (Å²) in [6, 6.07) is 4.93. The number of ether oxygens (including phenoxy) is 1. The molecule has 2 rings (SSSR count). The smallest absolute Gasteiger partial charge is 0.123 e. The Morgan fingerprint density at radius 3 is 3.00 bits per heavy atom. The number of nitrogens with one attached hydrogen (secondary N) is 1. The Morgan fingerprint density at radius 1 is 1.39 bits per heavy atom. The van der Waals surface area contributed by atoms with Crippen LogP contribution in [0.25, 0.3) is 0 Å². The van der Waals surface area contributed by atoms with Gasteiger partial charge in [0.25, 0.3) is 0 Å². The molecule has 1 saturated carbocycles. The van der Waals surface area contributed by atoms with E-state index >= 15 is 0 Å². The van der Waals surface area contributed by atoms with Gasteiger partial charge in [-0.25, -0.2) is 4.39 Å². The summed E-state index contributed by atoms with van der Waals surface area (Å²) < 4.78 is 18.6. The molecule has 100 valence electrons. The van der Waals surface area contributed by atoms with Crippen molar-refractivity contribution in [3.63, 3.8) is 0 Å². The molecule has 0 radical (unpaired) electrons. The second kappa shape index (κ2) is 6.86. The van der Waals surface area contributed by atoms with E-state index in [4.69, 9.17) is 4.74 Å². The number of hydrogen-bond donors (Lipinski definition) is 1. The molecule has 0 saturated heterocycles. The number of aryl methyl sites for hydroxylation is 1. The maximum Gasteiger partial charge on any atom is 0.123 e. The third-order valence-electron chi connectivity index (χ3n) is 3.32. The second-order valence-corrected chi connectivity index (χ2v) is 5.12. The van der Waals surface area contributed by atoms with Crippen molar-refractivity contribution in [3.05, 3.63) is 35.1 Å². The van der Waals surface area contributed by atoms with Crippen LogP contribution in [-0.4, -0.2) is 19.8 Å². The third kappa shape index (κ3) is 4.75. The molecule has 1 aliphatic carbocycles. The first kappa shape index (κ1) is 13.5. The summed E-state index contributed by atoms with van der Waals surface area (Å²) in [5, 5.41) is 3.33. The maximum atomic E-state index is 13.1. The van der Waals surface area contributed by atoms with Crippen LogP contribution in [0.3, 0.4) is 0 Å². The van der Waals surface area contributed by atoms with Crippen molar-refractivity contribution in [2.45, 2.75) is 32.7 Å². The summed E-state index contributed by atoms with van der Waals surface area (Å²) in [5.74, 6) is 0.679. The summed E-state index contributed by atoms with van der Waals surface area (Å²) in [6.07, 6.45) is 3.70. The van der Waals surface area contributed by atoms with E-state index in [1.54, 1.807) is 6.07 Å². The molecule has 1 N–H and O–H groups in total. The molecule has 0 bridgehead atoms. The molecule has 1 aromatic carbocycles. The molecule has 0 heterocycles. The van der Waals surface area contributed by atoms with E-state index in [1.807, 2.05) is 13.0 Å². The largest absolute Gasteiger partial charge is 0.381 e. The fraction of sp³-hybridized carbons (Fsp3) is 0.600. The van der Waals surface area contributed by atoms with Gasteiger partial charge < -0.3 is 10.1 Å². The molecule has 1 aliphatic rings. The van der Waals surface area contributed by atoms with Crippen molar-refractivity contribution in [3.8, 4) is 0 Å². The zero-order valence-electron chi connectivity index (χ0n) is 11.0. The summed E-state index contributed by atoms with van der Waals surface area (Å²) in [6.45, 7) is 5.41. The van der Waals surface area contributed by atoms with E-state index in [9.17, 15) is 4.39 Å². The zero-order chi connectivity index (χ0) is 12.8. The summed E-state index contributed by atoms with van der Waals surface area (Å²) in [4.78, 5) is 0. The molecule has 2 nitrogen and oxygen atoms in total. The highest BCUT2D eigenvalue weighted by molar-refractivity contribution is 5.26. The number of rotatable bonds is 8. The standard InChI is InChI=1S/C15H22FNO/c1-12-3-6-15(16)9-14(12)10-17-7-2-8-18-11-13-4-5-13/h3,6,9,13,17H,2,4-5,7-8,10-11H2,1H3. The van der Waals surface area contributed by atoms with Crippen molar-refractivity contribution in [1.82, 2.24) is 5.32 Å². The first-order valence-electron chi connectivity index (χ1n) is 6.79. The van der Waals surface area contributed by atoms with Crippen LogP contribution in [0.2, 0.25) is 0 Å². The lowest BCUT2D eigenvalue weighted by Gasteiger charge is -2.08.